The smallest absolute Gasteiger partial charge is 0.272 e. The summed E-state index contributed by atoms with van der Waals surface area (Å²) in [6.07, 6.45) is 2.53. The van der Waals surface area contributed by atoms with Gasteiger partial charge in [0.05, 0.1) is 16.0 Å². The molecule has 11 heteroatoms. The summed E-state index contributed by atoms with van der Waals surface area (Å²) in [5.74, 6) is -1.58. The van der Waals surface area contributed by atoms with E-state index in [0.29, 0.717) is 19.2 Å². The van der Waals surface area contributed by atoms with Gasteiger partial charge in [-0.25, -0.2) is 17.2 Å². The van der Waals surface area contributed by atoms with Crippen molar-refractivity contribution in [2.75, 3.05) is 18.5 Å². The van der Waals surface area contributed by atoms with Crippen LogP contribution in [0.5, 0.6) is 0 Å². The van der Waals surface area contributed by atoms with Crippen LogP contribution in [0.15, 0.2) is 46.4 Å². The first-order valence-electron chi connectivity index (χ1n) is 8.32. The summed E-state index contributed by atoms with van der Waals surface area (Å²) in [4.78, 5) is 10.4. The fourth-order valence-corrected chi connectivity index (χ4v) is 4.31. The first-order chi connectivity index (χ1) is 13.3. The first kappa shape index (κ1) is 19.8. The molecule has 1 aliphatic rings. The number of anilines is 1. The number of rotatable bonds is 6. The first-order valence-corrected chi connectivity index (χ1v) is 9.76. The predicted octanol–water partition coefficient (Wildman–Crippen LogP) is 3.10. The van der Waals surface area contributed by atoms with Crippen LogP contribution in [0.25, 0.3) is 0 Å². The molecule has 3 rings (SSSR count). The van der Waals surface area contributed by atoms with Crippen molar-refractivity contribution in [3.8, 4) is 0 Å². The average molecular weight is 410 g/mol. The summed E-state index contributed by atoms with van der Waals surface area (Å²) >= 11 is 0. The lowest BCUT2D eigenvalue weighted by molar-refractivity contribution is -0.384. The lowest BCUT2D eigenvalue weighted by Gasteiger charge is -2.15. The second kappa shape index (κ2) is 7.98. The van der Waals surface area contributed by atoms with Gasteiger partial charge >= 0.3 is 0 Å². The number of halogens is 2. The highest BCUT2D eigenvalue weighted by Gasteiger charge is 2.29. The Morgan fingerprint density at radius 3 is 2.50 bits per heavy atom. The van der Waals surface area contributed by atoms with Crippen LogP contribution in [0.2, 0.25) is 0 Å². The SMILES string of the molecule is O=[N+]([O-])c1cc(S(=O)(=O)N2CCCC2)ccc1NN=Cc1ccc(F)cc1F. The topological polar surface area (TPSA) is 105 Å². The number of hydrogen-bond donors (Lipinski definition) is 1. The van der Waals surface area contributed by atoms with Crippen molar-refractivity contribution in [1.82, 2.24) is 4.31 Å². The van der Waals surface area contributed by atoms with E-state index in [9.17, 15) is 27.3 Å². The van der Waals surface area contributed by atoms with Crippen LogP contribution in [0.3, 0.4) is 0 Å². The highest BCUT2D eigenvalue weighted by molar-refractivity contribution is 7.89. The number of nitro benzene ring substituents is 1. The number of nitrogens with zero attached hydrogens (tertiary/aromatic N) is 3. The third kappa shape index (κ3) is 4.15. The van der Waals surface area contributed by atoms with Crippen molar-refractivity contribution >= 4 is 27.6 Å². The van der Waals surface area contributed by atoms with E-state index in [4.69, 9.17) is 0 Å². The van der Waals surface area contributed by atoms with Gasteiger partial charge in [0.2, 0.25) is 10.0 Å². The molecule has 1 aliphatic heterocycles. The molecular formula is C17H16F2N4O4S. The molecule has 8 nitrogen and oxygen atoms in total. The highest BCUT2D eigenvalue weighted by Crippen LogP contribution is 2.30. The Balaban J connectivity index is 1.85. The molecule has 1 N–H and O–H groups in total. The monoisotopic (exact) mass is 410 g/mol. The summed E-state index contributed by atoms with van der Waals surface area (Å²) in [5, 5.41) is 15.1. The summed E-state index contributed by atoms with van der Waals surface area (Å²) < 4.78 is 52.9. The van der Waals surface area contributed by atoms with E-state index in [-0.39, 0.29) is 16.1 Å². The Bertz CT molecular complexity index is 1040. The van der Waals surface area contributed by atoms with Gasteiger partial charge in [-0.1, -0.05) is 0 Å². The molecule has 148 valence electrons. The second-order valence-corrected chi connectivity index (χ2v) is 8.02. The minimum absolute atomic E-state index is 0.0233. The standard InChI is InChI=1S/C17H16F2N4O4S/c18-13-4-3-12(15(19)9-13)11-20-21-16-6-5-14(10-17(16)23(24)25)28(26,27)22-7-1-2-8-22/h3-6,9-11,21H,1-2,7-8H2. The highest BCUT2D eigenvalue weighted by atomic mass is 32.2. The van der Waals surface area contributed by atoms with E-state index in [0.717, 1.165) is 37.3 Å². The number of nitro groups is 1. The van der Waals surface area contributed by atoms with Gasteiger partial charge < -0.3 is 0 Å². The Morgan fingerprint density at radius 1 is 1.14 bits per heavy atom. The molecule has 0 radical (unpaired) electrons. The molecule has 0 spiro atoms. The fraction of sp³-hybridized carbons (Fsp3) is 0.235. The molecule has 0 unspecified atom stereocenters. The van der Waals surface area contributed by atoms with Crippen molar-refractivity contribution in [3.05, 3.63) is 63.7 Å². The molecule has 1 heterocycles. The van der Waals surface area contributed by atoms with Gasteiger partial charge in [0.1, 0.15) is 17.3 Å². The number of benzene rings is 2. The van der Waals surface area contributed by atoms with E-state index in [2.05, 4.69) is 10.5 Å². The summed E-state index contributed by atoms with van der Waals surface area (Å²) in [6.45, 7) is 0.757. The van der Waals surface area contributed by atoms with Gasteiger partial charge in [-0.2, -0.15) is 9.41 Å². The van der Waals surface area contributed by atoms with Crippen molar-refractivity contribution in [2.45, 2.75) is 17.7 Å². The normalized spacial score (nSPS) is 15.2. The maximum Gasteiger partial charge on any atom is 0.295 e. The van der Waals surface area contributed by atoms with Crippen molar-refractivity contribution in [2.24, 2.45) is 5.10 Å². The number of sulfonamides is 1. The van der Waals surface area contributed by atoms with Gasteiger partial charge in [-0.3, -0.25) is 15.5 Å². The fourth-order valence-electron chi connectivity index (χ4n) is 2.77. The Morgan fingerprint density at radius 2 is 1.86 bits per heavy atom. The molecule has 0 atom stereocenters. The maximum absolute atomic E-state index is 13.6. The number of nitrogens with one attached hydrogen (secondary N) is 1. The molecule has 0 aliphatic carbocycles. The minimum Gasteiger partial charge on any atom is -0.272 e. The van der Waals surface area contributed by atoms with E-state index < -0.39 is 32.3 Å². The maximum atomic E-state index is 13.6. The van der Waals surface area contributed by atoms with Crippen molar-refractivity contribution in [3.63, 3.8) is 0 Å². The van der Waals surface area contributed by atoms with E-state index in [1.165, 1.54) is 16.4 Å². The zero-order chi connectivity index (χ0) is 20.3. The second-order valence-electron chi connectivity index (χ2n) is 6.08. The molecule has 0 saturated carbocycles. The van der Waals surface area contributed by atoms with Crippen LogP contribution in [0.4, 0.5) is 20.2 Å². The molecule has 2 aromatic carbocycles. The van der Waals surface area contributed by atoms with Crippen LogP contribution in [-0.2, 0) is 10.0 Å². The summed E-state index contributed by atoms with van der Waals surface area (Å²) in [5.41, 5.74) is 1.81. The van der Waals surface area contributed by atoms with Crippen LogP contribution in [-0.4, -0.2) is 37.0 Å². The minimum atomic E-state index is -3.81. The van der Waals surface area contributed by atoms with E-state index >= 15 is 0 Å². The van der Waals surface area contributed by atoms with Crippen LogP contribution in [0.1, 0.15) is 18.4 Å². The molecular weight excluding hydrogens is 394 g/mol. The molecule has 0 aromatic heterocycles. The predicted molar refractivity (Wildman–Crippen MR) is 98.7 cm³/mol. The molecule has 1 fully saturated rings. The third-order valence-electron chi connectivity index (χ3n) is 4.22. The molecule has 1 saturated heterocycles. The van der Waals surface area contributed by atoms with Gasteiger partial charge in [0.25, 0.3) is 5.69 Å². The van der Waals surface area contributed by atoms with Crippen LogP contribution < -0.4 is 5.43 Å². The quantitative estimate of drug-likeness (QED) is 0.448. The van der Waals surface area contributed by atoms with E-state index in [1.54, 1.807) is 0 Å². The molecule has 0 amide bonds. The van der Waals surface area contributed by atoms with Gasteiger partial charge in [0, 0.05) is 30.8 Å². The Labute approximate surface area is 159 Å². The summed E-state index contributed by atoms with van der Waals surface area (Å²) in [6, 6.07) is 6.32. The number of hydrazone groups is 1. The Hall–Kier alpha value is -2.92. The van der Waals surface area contributed by atoms with E-state index in [1.807, 2.05) is 0 Å². The van der Waals surface area contributed by atoms with Gasteiger partial charge in [0.15, 0.2) is 0 Å². The molecule has 2 aromatic rings. The molecule has 28 heavy (non-hydrogen) atoms. The zero-order valence-corrected chi connectivity index (χ0v) is 15.3. The van der Waals surface area contributed by atoms with Gasteiger partial charge in [-0.15, -0.1) is 0 Å². The van der Waals surface area contributed by atoms with Crippen molar-refractivity contribution < 1.29 is 22.1 Å². The Kier molecular flexibility index (Phi) is 5.66. The van der Waals surface area contributed by atoms with Gasteiger partial charge in [-0.05, 0) is 37.1 Å². The lowest BCUT2D eigenvalue weighted by atomic mass is 10.2. The van der Waals surface area contributed by atoms with Crippen molar-refractivity contribution in [1.29, 1.82) is 0 Å². The summed E-state index contributed by atoms with van der Waals surface area (Å²) in [7, 11) is -3.81. The lowest BCUT2D eigenvalue weighted by Crippen LogP contribution is -2.27. The number of hydrogen-bond acceptors (Lipinski definition) is 6. The largest absolute Gasteiger partial charge is 0.295 e. The average Bonchev–Trinajstić information content (AvgIpc) is 3.19. The van der Waals surface area contributed by atoms with Crippen LogP contribution in [0, 0.1) is 21.7 Å². The third-order valence-corrected chi connectivity index (χ3v) is 6.11. The van der Waals surface area contributed by atoms with Crippen LogP contribution >= 0.6 is 0 Å². The molecule has 0 bridgehead atoms. The zero-order valence-electron chi connectivity index (χ0n) is 14.5.